The smallest absolute Gasteiger partial charge is 0.264 e. The van der Waals surface area contributed by atoms with Crippen molar-refractivity contribution < 1.29 is 14.3 Å². The Bertz CT molecular complexity index is 511. The summed E-state index contributed by atoms with van der Waals surface area (Å²) < 4.78 is 10.3. The minimum Gasteiger partial charge on any atom is -0.480 e. The first-order valence-electron chi connectivity index (χ1n) is 6.88. The Morgan fingerprint density at radius 2 is 1.90 bits per heavy atom. The molecule has 116 valence electrons. The molecule has 1 aliphatic rings. The number of carbonyl (C=O) groups is 1. The van der Waals surface area contributed by atoms with E-state index in [2.05, 4.69) is 23.8 Å². The number of amides is 1. The summed E-state index contributed by atoms with van der Waals surface area (Å²) in [5.74, 6) is 0.253. The maximum absolute atomic E-state index is 12.8. The Morgan fingerprint density at radius 3 is 2.38 bits per heavy atom. The van der Waals surface area contributed by atoms with Gasteiger partial charge in [-0.15, -0.1) is 0 Å². The van der Waals surface area contributed by atoms with Crippen LogP contribution in [0.3, 0.4) is 0 Å². The molecule has 2 rings (SSSR count). The molecule has 2 heterocycles. The zero-order chi connectivity index (χ0) is 15.6. The Kier molecular flexibility index (Phi) is 4.32. The van der Waals surface area contributed by atoms with Crippen LogP contribution in [0.15, 0.2) is 6.33 Å². The molecule has 7 nitrogen and oxygen atoms in total. The number of hydrogen-bond donors (Lipinski definition) is 1. The van der Waals surface area contributed by atoms with Crippen LogP contribution in [0.5, 0.6) is 11.8 Å². The molecule has 1 saturated heterocycles. The van der Waals surface area contributed by atoms with Crippen LogP contribution in [0.4, 0.5) is 0 Å². The first kappa shape index (κ1) is 15.5. The summed E-state index contributed by atoms with van der Waals surface area (Å²) in [5, 5.41) is 0. The third-order valence-corrected chi connectivity index (χ3v) is 3.98. The molecule has 0 bridgehead atoms. The van der Waals surface area contributed by atoms with Gasteiger partial charge in [0.05, 0.1) is 14.2 Å². The van der Waals surface area contributed by atoms with Crippen LogP contribution in [0, 0.1) is 5.41 Å². The minimum absolute atomic E-state index is 0.0809. The first-order valence-corrected chi connectivity index (χ1v) is 6.88. The molecule has 21 heavy (non-hydrogen) atoms. The van der Waals surface area contributed by atoms with Gasteiger partial charge in [0.2, 0.25) is 11.8 Å². The van der Waals surface area contributed by atoms with Gasteiger partial charge in [0.15, 0.2) is 5.56 Å². The Labute approximate surface area is 124 Å². The number of methoxy groups -OCH3 is 2. The van der Waals surface area contributed by atoms with Gasteiger partial charge >= 0.3 is 0 Å². The van der Waals surface area contributed by atoms with Crippen molar-refractivity contribution in [1.82, 2.24) is 14.9 Å². The van der Waals surface area contributed by atoms with Gasteiger partial charge in [-0.05, 0) is 11.8 Å². The van der Waals surface area contributed by atoms with Crippen molar-refractivity contribution in [3.05, 3.63) is 11.9 Å². The van der Waals surface area contributed by atoms with Crippen molar-refractivity contribution in [1.29, 1.82) is 0 Å². The van der Waals surface area contributed by atoms with Gasteiger partial charge in [0, 0.05) is 19.1 Å². The predicted molar refractivity (Wildman–Crippen MR) is 77.4 cm³/mol. The number of hydrogen-bond acceptors (Lipinski definition) is 6. The standard InChI is InChI=1S/C14H22N4O3/c1-14(2)7-18(6-5-9(14)15)13(19)10-11(20-3)16-8-17-12(10)21-4/h8-9H,5-7,15H2,1-4H3. The van der Waals surface area contributed by atoms with Crippen molar-refractivity contribution in [3.63, 3.8) is 0 Å². The van der Waals surface area contributed by atoms with Gasteiger partial charge in [-0.3, -0.25) is 4.79 Å². The average Bonchev–Trinajstić information content (AvgIpc) is 2.48. The molecule has 7 heteroatoms. The topological polar surface area (TPSA) is 90.6 Å². The molecular formula is C14H22N4O3. The Hall–Kier alpha value is -1.89. The number of nitrogens with two attached hydrogens (primary N) is 1. The summed E-state index contributed by atoms with van der Waals surface area (Å²) in [7, 11) is 2.93. The molecule has 1 amide bonds. The van der Waals surface area contributed by atoms with Crippen LogP contribution in [0.1, 0.15) is 30.6 Å². The highest BCUT2D eigenvalue weighted by molar-refractivity contribution is 5.98. The summed E-state index contributed by atoms with van der Waals surface area (Å²) in [6.45, 7) is 5.30. The molecule has 2 N–H and O–H groups in total. The van der Waals surface area contributed by atoms with Gasteiger partial charge in [0.1, 0.15) is 6.33 Å². The SMILES string of the molecule is COc1ncnc(OC)c1C(=O)N1CCC(N)C(C)(C)C1. The number of ether oxygens (including phenoxy) is 2. The van der Waals surface area contributed by atoms with Crippen molar-refractivity contribution >= 4 is 5.91 Å². The highest BCUT2D eigenvalue weighted by Crippen LogP contribution is 2.31. The van der Waals surface area contributed by atoms with Gasteiger partial charge in [-0.1, -0.05) is 13.8 Å². The van der Waals surface area contributed by atoms with Crippen LogP contribution in [-0.2, 0) is 0 Å². The fourth-order valence-corrected chi connectivity index (χ4v) is 2.55. The molecule has 1 aromatic heterocycles. The van der Waals surface area contributed by atoms with Gasteiger partial charge in [0.25, 0.3) is 5.91 Å². The molecule has 0 aromatic carbocycles. The molecule has 0 radical (unpaired) electrons. The number of aromatic nitrogens is 2. The molecule has 1 aliphatic heterocycles. The summed E-state index contributed by atoms with van der Waals surface area (Å²) in [5.41, 5.74) is 6.24. The monoisotopic (exact) mass is 294 g/mol. The second-order valence-corrected chi connectivity index (χ2v) is 5.88. The van der Waals surface area contributed by atoms with E-state index in [0.29, 0.717) is 13.1 Å². The highest BCUT2D eigenvalue weighted by atomic mass is 16.5. The molecule has 1 fully saturated rings. The fraction of sp³-hybridized carbons (Fsp3) is 0.643. The third kappa shape index (κ3) is 2.92. The van der Waals surface area contributed by atoms with E-state index in [1.54, 1.807) is 4.90 Å². The lowest BCUT2D eigenvalue weighted by Gasteiger charge is -2.42. The molecule has 1 aromatic rings. The maximum Gasteiger partial charge on any atom is 0.264 e. The Balaban J connectivity index is 2.32. The summed E-state index contributed by atoms with van der Waals surface area (Å²) in [6, 6.07) is 0.0809. The van der Waals surface area contributed by atoms with Crippen LogP contribution in [0.2, 0.25) is 0 Å². The number of rotatable bonds is 3. The van der Waals surface area contributed by atoms with E-state index < -0.39 is 0 Å². The van der Waals surface area contributed by atoms with E-state index in [0.717, 1.165) is 6.42 Å². The molecule has 1 atom stereocenters. The van der Waals surface area contributed by atoms with E-state index in [1.165, 1.54) is 20.5 Å². The van der Waals surface area contributed by atoms with E-state index in [-0.39, 0.29) is 34.7 Å². The lowest BCUT2D eigenvalue weighted by atomic mass is 9.79. The number of nitrogens with zero attached hydrogens (tertiary/aromatic N) is 3. The summed E-state index contributed by atoms with van der Waals surface area (Å²) in [6.07, 6.45) is 2.07. The summed E-state index contributed by atoms with van der Waals surface area (Å²) in [4.78, 5) is 22.5. The van der Waals surface area contributed by atoms with Crippen LogP contribution >= 0.6 is 0 Å². The number of likely N-dealkylation sites (tertiary alicyclic amines) is 1. The van der Waals surface area contributed by atoms with Gasteiger partial charge in [-0.25, -0.2) is 9.97 Å². The highest BCUT2D eigenvalue weighted by Gasteiger charge is 2.37. The Morgan fingerprint density at radius 1 is 1.33 bits per heavy atom. The largest absolute Gasteiger partial charge is 0.480 e. The van der Waals surface area contributed by atoms with Crippen molar-refractivity contribution in [2.75, 3.05) is 27.3 Å². The fourth-order valence-electron chi connectivity index (χ4n) is 2.55. The van der Waals surface area contributed by atoms with Crippen molar-refractivity contribution in [2.45, 2.75) is 26.3 Å². The normalized spacial score (nSPS) is 21.0. The average molecular weight is 294 g/mol. The van der Waals surface area contributed by atoms with Crippen LogP contribution in [0.25, 0.3) is 0 Å². The zero-order valence-electron chi connectivity index (χ0n) is 12.9. The van der Waals surface area contributed by atoms with E-state index in [4.69, 9.17) is 15.2 Å². The molecule has 0 spiro atoms. The van der Waals surface area contributed by atoms with E-state index in [9.17, 15) is 4.79 Å². The van der Waals surface area contributed by atoms with Gasteiger partial charge in [-0.2, -0.15) is 0 Å². The van der Waals surface area contributed by atoms with E-state index in [1.807, 2.05) is 0 Å². The third-order valence-electron chi connectivity index (χ3n) is 3.98. The quantitative estimate of drug-likeness (QED) is 0.882. The number of piperidine rings is 1. The minimum atomic E-state index is -0.190. The lowest BCUT2D eigenvalue weighted by Crippen LogP contribution is -2.54. The van der Waals surface area contributed by atoms with Crippen LogP contribution in [-0.4, -0.2) is 54.1 Å². The second kappa shape index (κ2) is 5.85. The van der Waals surface area contributed by atoms with E-state index >= 15 is 0 Å². The zero-order valence-corrected chi connectivity index (χ0v) is 12.9. The second-order valence-electron chi connectivity index (χ2n) is 5.88. The first-order chi connectivity index (χ1) is 9.90. The molecule has 1 unspecified atom stereocenters. The number of carbonyl (C=O) groups excluding carboxylic acids is 1. The molecule has 0 saturated carbocycles. The lowest BCUT2D eigenvalue weighted by molar-refractivity contribution is 0.0525. The summed E-state index contributed by atoms with van der Waals surface area (Å²) >= 11 is 0. The van der Waals surface area contributed by atoms with Crippen molar-refractivity contribution in [3.8, 4) is 11.8 Å². The van der Waals surface area contributed by atoms with Gasteiger partial charge < -0.3 is 20.1 Å². The predicted octanol–water partition coefficient (Wildman–Crippen LogP) is 0.693. The van der Waals surface area contributed by atoms with Crippen LogP contribution < -0.4 is 15.2 Å². The molecule has 0 aliphatic carbocycles. The maximum atomic E-state index is 12.8. The molecular weight excluding hydrogens is 272 g/mol. The van der Waals surface area contributed by atoms with Crippen molar-refractivity contribution in [2.24, 2.45) is 11.1 Å².